The summed E-state index contributed by atoms with van der Waals surface area (Å²) < 4.78 is 14.3. The molecule has 0 heterocycles. The van der Waals surface area contributed by atoms with Crippen molar-refractivity contribution in [1.82, 2.24) is 10.6 Å². The summed E-state index contributed by atoms with van der Waals surface area (Å²) in [5, 5.41) is 5.94. The zero-order chi connectivity index (χ0) is 13.1. The van der Waals surface area contributed by atoms with E-state index in [9.17, 15) is 9.18 Å². The zero-order valence-corrected chi connectivity index (χ0v) is 11.8. The fraction of sp³-hybridized carbons (Fsp3) is 0.462. The van der Waals surface area contributed by atoms with Crippen LogP contribution in [0.2, 0.25) is 0 Å². The highest BCUT2D eigenvalue weighted by atomic mass is 79.9. The number of amides is 1. The normalized spacial score (nSPS) is 16.4. The van der Waals surface area contributed by atoms with Gasteiger partial charge in [0.25, 0.3) is 0 Å². The van der Waals surface area contributed by atoms with Crippen LogP contribution in [0.5, 0.6) is 0 Å². The van der Waals surface area contributed by atoms with Gasteiger partial charge in [-0.2, -0.15) is 0 Å². The van der Waals surface area contributed by atoms with Gasteiger partial charge in [-0.05, 0) is 31.9 Å². The van der Waals surface area contributed by atoms with Gasteiger partial charge in [0, 0.05) is 22.6 Å². The van der Waals surface area contributed by atoms with Crippen LogP contribution in [0.4, 0.5) is 4.39 Å². The minimum absolute atomic E-state index is 0.0185. The lowest BCUT2D eigenvalue weighted by Crippen LogP contribution is -2.42. The predicted molar refractivity (Wildman–Crippen MR) is 71.6 cm³/mol. The van der Waals surface area contributed by atoms with Crippen LogP contribution in [0.25, 0.3) is 0 Å². The summed E-state index contributed by atoms with van der Waals surface area (Å²) in [5.74, 6) is -0.290. The van der Waals surface area contributed by atoms with Gasteiger partial charge in [0.05, 0.1) is 6.04 Å². The molecule has 1 aliphatic carbocycles. The van der Waals surface area contributed by atoms with Gasteiger partial charge in [0.2, 0.25) is 5.91 Å². The minimum atomic E-state index is -0.311. The molecular weight excluding hydrogens is 299 g/mol. The second-order valence-corrected chi connectivity index (χ2v) is 5.54. The number of hydrogen-bond acceptors (Lipinski definition) is 2. The highest BCUT2D eigenvalue weighted by molar-refractivity contribution is 9.10. The lowest BCUT2D eigenvalue weighted by Gasteiger charge is -2.14. The predicted octanol–water partition coefficient (Wildman–Crippen LogP) is 2.34. The zero-order valence-electron chi connectivity index (χ0n) is 10.2. The Kier molecular flexibility index (Phi) is 4.35. The molecule has 0 saturated heterocycles. The molecule has 0 aliphatic heterocycles. The Morgan fingerprint density at radius 1 is 1.56 bits per heavy atom. The number of nitrogens with one attached hydrogen (secondary N) is 2. The van der Waals surface area contributed by atoms with Crippen LogP contribution in [0, 0.1) is 5.82 Å². The number of halogens is 2. The van der Waals surface area contributed by atoms with E-state index >= 15 is 0 Å². The first-order valence-corrected chi connectivity index (χ1v) is 6.83. The van der Waals surface area contributed by atoms with E-state index < -0.39 is 0 Å². The molecule has 3 nitrogen and oxygen atoms in total. The van der Waals surface area contributed by atoms with Gasteiger partial charge < -0.3 is 10.6 Å². The monoisotopic (exact) mass is 314 g/mol. The van der Waals surface area contributed by atoms with Gasteiger partial charge >= 0.3 is 0 Å². The van der Waals surface area contributed by atoms with Gasteiger partial charge in [-0.15, -0.1) is 0 Å². The summed E-state index contributed by atoms with van der Waals surface area (Å²) in [6.07, 6.45) is 2.14. The van der Waals surface area contributed by atoms with Crippen LogP contribution in [-0.4, -0.2) is 18.0 Å². The maximum absolute atomic E-state index is 13.6. The molecule has 1 aromatic rings. The number of carbonyl (C=O) groups excluding carboxylic acids is 1. The maximum Gasteiger partial charge on any atom is 0.237 e. The van der Waals surface area contributed by atoms with Crippen molar-refractivity contribution in [3.63, 3.8) is 0 Å². The van der Waals surface area contributed by atoms with Gasteiger partial charge in [0.15, 0.2) is 0 Å². The molecule has 18 heavy (non-hydrogen) atoms. The number of hydrogen-bond donors (Lipinski definition) is 2. The summed E-state index contributed by atoms with van der Waals surface area (Å²) in [6, 6.07) is 4.96. The van der Waals surface area contributed by atoms with Gasteiger partial charge in [-0.25, -0.2) is 4.39 Å². The van der Waals surface area contributed by atoms with Crippen molar-refractivity contribution in [2.75, 3.05) is 0 Å². The molecule has 98 valence electrons. The van der Waals surface area contributed by atoms with E-state index in [0.29, 0.717) is 22.6 Å². The standard InChI is InChI=1S/C13H16BrFN2O/c1-8(13(18)17-11-4-5-11)16-7-9-2-3-10(14)6-12(9)15/h2-3,6,8,11,16H,4-5,7H2,1H3,(H,17,18). The smallest absolute Gasteiger partial charge is 0.237 e. The highest BCUT2D eigenvalue weighted by Gasteiger charge is 2.25. The molecule has 0 bridgehead atoms. The third-order valence-electron chi connectivity index (χ3n) is 2.93. The van der Waals surface area contributed by atoms with Gasteiger partial charge in [0.1, 0.15) is 5.82 Å². The molecule has 1 aromatic carbocycles. The quantitative estimate of drug-likeness (QED) is 0.876. The molecule has 1 saturated carbocycles. The van der Waals surface area contributed by atoms with Crippen molar-refractivity contribution in [2.45, 2.75) is 38.4 Å². The van der Waals surface area contributed by atoms with Crippen molar-refractivity contribution >= 4 is 21.8 Å². The van der Waals surface area contributed by atoms with Gasteiger partial charge in [-0.1, -0.05) is 22.0 Å². The van der Waals surface area contributed by atoms with Crippen LogP contribution < -0.4 is 10.6 Å². The second kappa shape index (κ2) is 5.80. The van der Waals surface area contributed by atoms with E-state index in [0.717, 1.165) is 12.8 Å². The molecule has 1 aliphatic rings. The maximum atomic E-state index is 13.6. The fourth-order valence-electron chi connectivity index (χ4n) is 1.57. The lowest BCUT2D eigenvalue weighted by molar-refractivity contribution is -0.122. The Bertz CT molecular complexity index is 449. The third-order valence-corrected chi connectivity index (χ3v) is 3.42. The Balaban J connectivity index is 1.84. The molecule has 5 heteroatoms. The molecule has 1 unspecified atom stereocenters. The number of benzene rings is 1. The summed E-state index contributed by atoms with van der Waals surface area (Å²) >= 11 is 3.21. The van der Waals surface area contributed by atoms with Crippen LogP contribution in [0.1, 0.15) is 25.3 Å². The average molecular weight is 315 g/mol. The van der Waals surface area contributed by atoms with Crippen LogP contribution >= 0.6 is 15.9 Å². The van der Waals surface area contributed by atoms with Crippen molar-refractivity contribution in [1.29, 1.82) is 0 Å². The summed E-state index contributed by atoms with van der Waals surface area (Å²) in [7, 11) is 0. The molecule has 1 atom stereocenters. The van der Waals surface area contributed by atoms with E-state index in [1.807, 2.05) is 0 Å². The SMILES string of the molecule is CC(NCc1ccc(Br)cc1F)C(=O)NC1CC1. The first-order chi connectivity index (χ1) is 8.56. The molecule has 0 aromatic heterocycles. The highest BCUT2D eigenvalue weighted by Crippen LogP contribution is 2.18. The van der Waals surface area contributed by atoms with Crippen molar-refractivity contribution < 1.29 is 9.18 Å². The Labute approximate surface area is 114 Å². The lowest BCUT2D eigenvalue weighted by atomic mass is 10.2. The topological polar surface area (TPSA) is 41.1 Å². The van der Waals surface area contributed by atoms with Crippen molar-refractivity contribution in [2.24, 2.45) is 0 Å². The molecule has 0 spiro atoms. The number of rotatable bonds is 5. The molecule has 0 radical (unpaired) electrons. The average Bonchev–Trinajstić information content (AvgIpc) is 3.11. The summed E-state index contributed by atoms with van der Waals surface area (Å²) in [6.45, 7) is 2.13. The van der Waals surface area contributed by atoms with Crippen molar-refractivity contribution in [3.8, 4) is 0 Å². The molecule has 1 amide bonds. The van der Waals surface area contributed by atoms with Crippen molar-refractivity contribution in [3.05, 3.63) is 34.1 Å². The Hall–Kier alpha value is -0.940. The number of carbonyl (C=O) groups is 1. The van der Waals surface area contributed by atoms with Crippen LogP contribution in [0.3, 0.4) is 0 Å². The van der Waals surface area contributed by atoms with Crippen LogP contribution in [-0.2, 0) is 11.3 Å². The summed E-state index contributed by atoms with van der Waals surface area (Å²) in [5.41, 5.74) is 0.560. The third kappa shape index (κ3) is 3.78. The van der Waals surface area contributed by atoms with E-state index in [1.54, 1.807) is 19.1 Å². The summed E-state index contributed by atoms with van der Waals surface area (Å²) in [4.78, 5) is 11.7. The Morgan fingerprint density at radius 3 is 2.89 bits per heavy atom. The van der Waals surface area contributed by atoms with Gasteiger partial charge in [-0.3, -0.25) is 4.79 Å². The molecule has 2 N–H and O–H groups in total. The molecular formula is C13H16BrFN2O. The van der Waals surface area contributed by atoms with Crippen LogP contribution in [0.15, 0.2) is 22.7 Å². The van der Waals surface area contributed by atoms with E-state index in [2.05, 4.69) is 26.6 Å². The largest absolute Gasteiger partial charge is 0.352 e. The fourth-order valence-corrected chi connectivity index (χ4v) is 1.91. The van der Waals surface area contributed by atoms with E-state index in [1.165, 1.54) is 6.07 Å². The first-order valence-electron chi connectivity index (χ1n) is 6.04. The Morgan fingerprint density at radius 2 is 2.28 bits per heavy atom. The molecule has 1 fully saturated rings. The second-order valence-electron chi connectivity index (χ2n) is 4.62. The van der Waals surface area contributed by atoms with E-state index in [-0.39, 0.29) is 17.8 Å². The minimum Gasteiger partial charge on any atom is -0.352 e. The van der Waals surface area contributed by atoms with E-state index in [4.69, 9.17) is 0 Å². The first kappa shape index (κ1) is 13.5. The molecule has 2 rings (SSSR count).